The van der Waals surface area contributed by atoms with Gasteiger partial charge < -0.3 is 4.42 Å². The van der Waals surface area contributed by atoms with E-state index >= 15 is 0 Å². The molecule has 0 aliphatic carbocycles. The second-order valence-corrected chi connectivity index (χ2v) is 7.08. The van der Waals surface area contributed by atoms with Gasteiger partial charge in [-0.2, -0.15) is 5.10 Å². The van der Waals surface area contributed by atoms with Crippen molar-refractivity contribution in [2.75, 3.05) is 0 Å². The second kappa shape index (κ2) is 5.80. The van der Waals surface area contributed by atoms with E-state index in [9.17, 15) is 4.79 Å². The van der Waals surface area contributed by atoms with E-state index < -0.39 is 5.63 Å². The Morgan fingerprint density at radius 2 is 2.25 bits per heavy atom. The molecule has 0 spiro atoms. The Labute approximate surface area is 152 Å². The van der Waals surface area contributed by atoms with Crippen LogP contribution >= 0.6 is 38.9 Å². The molecule has 0 atom stereocenters. The minimum Gasteiger partial charge on any atom is -0.401 e. The molecule has 0 saturated heterocycles. The highest BCUT2D eigenvalue weighted by Crippen LogP contribution is 2.29. The Morgan fingerprint density at radius 1 is 1.42 bits per heavy atom. The fraction of sp³-hybridized carbons (Fsp3) is 0.0667. The molecule has 0 saturated carbocycles. The maximum atomic E-state index is 12.2. The number of rotatable bonds is 2. The van der Waals surface area contributed by atoms with Crippen LogP contribution in [-0.2, 0) is 0 Å². The topological polar surface area (TPSA) is 73.8 Å². The summed E-state index contributed by atoms with van der Waals surface area (Å²) in [6.07, 6.45) is 1.61. The van der Waals surface area contributed by atoms with E-state index in [2.05, 4.69) is 31.0 Å². The minimum absolute atomic E-state index is 0.161. The lowest BCUT2D eigenvalue weighted by Gasteiger charge is -2.06. The Balaban J connectivity index is 2.00. The average molecular weight is 424 g/mol. The number of hydrogen-bond acceptors (Lipinski definition) is 6. The third-order valence-electron chi connectivity index (χ3n) is 3.37. The summed E-state index contributed by atoms with van der Waals surface area (Å²) >= 11 is 10.9. The molecule has 0 aliphatic heterocycles. The van der Waals surface area contributed by atoms with Gasteiger partial charge in [-0.15, -0.1) is 11.3 Å². The first-order valence-electron chi connectivity index (χ1n) is 6.80. The Hall–Kier alpha value is -2.03. The highest BCUT2D eigenvalue weighted by atomic mass is 79.9. The molecule has 4 aromatic rings. The van der Waals surface area contributed by atoms with Gasteiger partial charge in [-0.1, -0.05) is 11.6 Å². The number of pyridine rings is 1. The number of aryl methyl sites for hydroxylation is 1. The zero-order valence-electron chi connectivity index (χ0n) is 12.2. The number of fused-ring (bicyclic) bond motifs is 1. The second-order valence-electron chi connectivity index (χ2n) is 4.98. The quantitative estimate of drug-likeness (QED) is 0.482. The van der Waals surface area contributed by atoms with Gasteiger partial charge in [0.2, 0.25) is 5.89 Å². The summed E-state index contributed by atoms with van der Waals surface area (Å²) in [6, 6.07) is 5.13. The maximum absolute atomic E-state index is 12.2. The summed E-state index contributed by atoms with van der Waals surface area (Å²) < 4.78 is 7.93. The summed E-state index contributed by atoms with van der Waals surface area (Å²) in [7, 11) is 0. The molecule has 120 valence electrons. The molecule has 0 fully saturated rings. The first kappa shape index (κ1) is 15.5. The molecule has 4 heterocycles. The smallest absolute Gasteiger partial charge is 0.357 e. The van der Waals surface area contributed by atoms with Gasteiger partial charge in [0.25, 0.3) is 0 Å². The van der Waals surface area contributed by atoms with Crippen LogP contribution in [0.2, 0.25) is 5.02 Å². The zero-order chi connectivity index (χ0) is 16.8. The number of aromatic nitrogens is 4. The fourth-order valence-corrected chi connectivity index (χ4v) is 3.73. The van der Waals surface area contributed by atoms with Crippen molar-refractivity contribution in [1.29, 1.82) is 0 Å². The Bertz CT molecular complexity index is 1130. The Morgan fingerprint density at radius 3 is 3.04 bits per heavy atom. The number of thiophene rings is 1. The van der Waals surface area contributed by atoms with Crippen molar-refractivity contribution in [2.24, 2.45) is 0 Å². The van der Waals surface area contributed by atoms with E-state index in [1.165, 1.54) is 16.0 Å². The van der Waals surface area contributed by atoms with Crippen molar-refractivity contribution in [3.8, 4) is 17.4 Å². The lowest BCUT2D eigenvalue weighted by molar-refractivity contribution is 0.514. The summed E-state index contributed by atoms with van der Waals surface area (Å²) in [4.78, 5) is 21.0. The van der Waals surface area contributed by atoms with E-state index in [1.807, 2.05) is 12.3 Å². The van der Waals surface area contributed by atoms with Crippen molar-refractivity contribution in [2.45, 2.75) is 6.92 Å². The van der Waals surface area contributed by atoms with Gasteiger partial charge in [-0.05, 0) is 45.9 Å². The SMILES string of the molecule is Cc1csc2c(=O)oc(-c3cc(Br)nn3-c3ncccc3Cl)nc12. The van der Waals surface area contributed by atoms with Crippen LogP contribution in [0, 0.1) is 6.92 Å². The molecule has 0 amide bonds. The van der Waals surface area contributed by atoms with Gasteiger partial charge in [0.15, 0.2) is 5.82 Å². The van der Waals surface area contributed by atoms with Crippen LogP contribution < -0.4 is 5.63 Å². The minimum atomic E-state index is -0.427. The first-order chi connectivity index (χ1) is 11.5. The van der Waals surface area contributed by atoms with Crippen molar-refractivity contribution in [1.82, 2.24) is 19.7 Å². The molecule has 24 heavy (non-hydrogen) atoms. The average Bonchev–Trinajstić information content (AvgIpc) is 3.12. The lowest BCUT2D eigenvalue weighted by Crippen LogP contribution is -2.06. The molecule has 0 radical (unpaired) electrons. The van der Waals surface area contributed by atoms with Crippen LogP contribution in [-0.4, -0.2) is 19.7 Å². The maximum Gasteiger partial charge on any atom is 0.357 e. The van der Waals surface area contributed by atoms with Gasteiger partial charge in [0, 0.05) is 12.3 Å². The van der Waals surface area contributed by atoms with Crippen LogP contribution in [0.5, 0.6) is 0 Å². The standard InChI is InChI=1S/C15H8BrClN4O2S/c1-7-6-24-12-11(7)19-14(23-15(12)22)9-5-10(16)20-21(9)13-8(17)3-2-4-18-13/h2-6H,1H3. The van der Waals surface area contributed by atoms with Crippen molar-refractivity contribution in [3.63, 3.8) is 0 Å². The van der Waals surface area contributed by atoms with Crippen LogP contribution in [0.4, 0.5) is 0 Å². The number of halogens is 2. The van der Waals surface area contributed by atoms with E-state index in [1.54, 1.807) is 24.4 Å². The Kier molecular flexibility index (Phi) is 3.75. The fourth-order valence-electron chi connectivity index (χ4n) is 2.29. The molecule has 0 aliphatic rings. The molecule has 0 aromatic carbocycles. The molecule has 0 unspecified atom stereocenters. The van der Waals surface area contributed by atoms with Crippen molar-refractivity contribution in [3.05, 3.63) is 55.4 Å². The molecule has 4 rings (SSSR count). The molecule has 0 bridgehead atoms. The molecule has 4 aromatic heterocycles. The largest absolute Gasteiger partial charge is 0.401 e. The van der Waals surface area contributed by atoms with Crippen LogP contribution in [0.1, 0.15) is 5.56 Å². The lowest BCUT2D eigenvalue weighted by atomic mass is 10.3. The highest BCUT2D eigenvalue weighted by molar-refractivity contribution is 9.10. The van der Waals surface area contributed by atoms with Crippen LogP contribution in [0.25, 0.3) is 27.6 Å². The predicted molar refractivity (Wildman–Crippen MR) is 96.0 cm³/mol. The third-order valence-corrected chi connectivity index (χ3v) is 5.12. The van der Waals surface area contributed by atoms with Crippen molar-refractivity contribution >= 4 is 49.1 Å². The molecular weight excluding hydrogens is 416 g/mol. The van der Waals surface area contributed by atoms with Gasteiger partial charge in [-0.25, -0.2) is 19.4 Å². The van der Waals surface area contributed by atoms with Gasteiger partial charge in [0.1, 0.15) is 15.0 Å². The summed E-state index contributed by atoms with van der Waals surface area (Å²) in [5.74, 6) is 0.584. The molecule has 6 nitrogen and oxygen atoms in total. The monoisotopic (exact) mass is 422 g/mol. The van der Waals surface area contributed by atoms with Gasteiger partial charge in [0.05, 0.1) is 10.5 Å². The van der Waals surface area contributed by atoms with Crippen molar-refractivity contribution < 1.29 is 4.42 Å². The summed E-state index contributed by atoms with van der Waals surface area (Å²) in [6.45, 7) is 1.90. The summed E-state index contributed by atoms with van der Waals surface area (Å²) in [5, 5.41) is 6.62. The van der Waals surface area contributed by atoms with Gasteiger partial charge >= 0.3 is 5.63 Å². The van der Waals surface area contributed by atoms with Crippen LogP contribution in [0.15, 0.2) is 43.6 Å². The zero-order valence-corrected chi connectivity index (χ0v) is 15.3. The first-order valence-corrected chi connectivity index (χ1v) is 8.85. The van der Waals surface area contributed by atoms with E-state index in [4.69, 9.17) is 16.0 Å². The van der Waals surface area contributed by atoms with Crippen LogP contribution in [0.3, 0.4) is 0 Å². The normalized spacial score (nSPS) is 11.3. The number of hydrogen-bond donors (Lipinski definition) is 0. The van der Waals surface area contributed by atoms with Gasteiger partial charge in [-0.3, -0.25) is 0 Å². The molecule has 0 N–H and O–H groups in total. The van der Waals surface area contributed by atoms with E-state index in [0.29, 0.717) is 31.4 Å². The summed E-state index contributed by atoms with van der Waals surface area (Å²) in [5.41, 5.74) is 1.60. The van der Waals surface area contributed by atoms with E-state index in [0.717, 1.165) is 5.56 Å². The third kappa shape index (κ3) is 2.47. The molecule has 9 heteroatoms. The predicted octanol–water partition coefficient (Wildman–Crippen LogP) is 4.22. The highest BCUT2D eigenvalue weighted by Gasteiger charge is 2.19. The number of nitrogens with zero attached hydrogens (tertiary/aromatic N) is 4. The molecular formula is C15H8BrClN4O2S. The van der Waals surface area contributed by atoms with E-state index in [-0.39, 0.29) is 5.89 Å².